The lowest BCUT2D eigenvalue weighted by atomic mass is 10.3. The molecule has 0 fully saturated rings. The number of hydrogen-bond acceptors (Lipinski definition) is 3. The van der Waals surface area contributed by atoms with E-state index >= 15 is 0 Å². The Labute approximate surface area is 116 Å². The largest absolute Gasteiger partial charge is 0.494 e. The minimum atomic E-state index is -1.10. The van der Waals surface area contributed by atoms with E-state index in [0.29, 0.717) is 19.6 Å². The SMILES string of the molecule is O=C(O)c1cccc(=O)n1CCCOc1ccccc1. The normalized spacial score (nSPS) is 10.2. The quantitative estimate of drug-likeness (QED) is 0.817. The molecule has 1 heterocycles. The maximum Gasteiger partial charge on any atom is 0.352 e. The van der Waals surface area contributed by atoms with Crippen molar-refractivity contribution in [1.29, 1.82) is 0 Å². The number of benzene rings is 1. The van der Waals surface area contributed by atoms with E-state index in [9.17, 15) is 9.59 Å². The Morgan fingerprint density at radius 2 is 1.85 bits per heavy atom. The highest BCUT2D eigenvalue weighted by molar-refractivity contribution is 5.85. The van der Waals surface area contributed by atoms with Crippen LogP contribution in [0.3, 0.4) is 0 Å². The first-order valence-corrected chi connectivity index (χ1v) is 6.29. The van der Waals surface area contributed by atoms with Crippen LogP contribution in [0.15, 0.2) is 53.3 Å². The van der Waals surface area contributed by atoms with E-state index in [-0.39, 0.29) is 11.3 Å². The van der Waals surface area contributed by atoms with E-state index in [1.54, 1.807) is 0 Å². The molecule has 0 aliphatic carbocycles. The van der Waals surface area contributed by atoms with E-state index in [1.807, 2.05) is 30.3 Å². The zero-order valence-electron chi connectivity index (χ0n) is 10.9. The number of carbonyl (C=O) groups is 1. The molecule has 0 aliphatic rings. The first kappa shape index (κ1) is 13.9. The molecule has 0 bridgehead atoms. The Hall–Kier alpha value is -2.56. The van der Waals surface area contributed by atoms with Crippen molar-refractivity contribution >= 4 is 5.97 Å². The fourth-order valence-corrected chi connectivity index (χ4v) is 1.87. The van der Waals surface area contributed by atoms with Crippen LogP contribution in [0.1, 0.15) is 16.9 Å². The van der Waals surface area contributed by atoms with Crippen LogP contribution in [0.25, 0.3) is 0 Å². The molecule has 20 heavy (non-hydrogen) atoms. The molecule has 5 heteroatoms. The van der Waals surface area contributed by atoms with Crippen molar-refractivity contribution in [3.8, 4) is 5.75 Å². The number of rotatable bonds is 6. The van der Waals surface area contributed by atoms with Crippen LogP contribution in [-0.4, -0.2) is 22.2 Å². The number of hydrogen-bond donors (Lipinski definition) is 1. The molecular weight excluding hydrogens is 258 g/mol. The fourth-order valence-electron chi connectivity index (χ4n) is 1.87. The van der Waals surface area contributed by atoms with Gasteiger partial charge in [-0.15, -0.1) is 0 Å². The van der Waals surface area contributed by atoms with Crippen LogP contribution in [0.4, 0.5) is 0 Å². The van der Waals surface area contributed by atoms with Gasteiger partial charge in [0.2, 0.25) is 0 Å². The van der Waals surface area contributed by atoms with Crippen molar-refractivity contribution in [3.05, 3.63) is 64.6 Å². The number of para-hydroxylation sites is 1. The second kappa shape index (κ2) is 6.56. The zero-order chi connectivity index (χ0) is 14.4. The van der Waals surface area contributed by atoms with Gasteiger partial charge in [0.05, 0.1) is 6.61 Å². The molecule has 1 aromatic carbocycles. The first-order valence-electron chi connectivity index (χ1n) is 6.29. The number of aromatic carboxylic acids is 1. The van der Waals surface area contributed by atoms with Gasteiger partial charge in [-0.3, -0.25) is 4.79 Å². The Bertz CT molecular complexity index is 634. The molecule has 0 spiro atoms. The lowest BCUT2D eigenvalue weighted by Crippen LogP contribution is -2.25. The lowest BCUT2D eigenvalue weighted by molar-refractivity contribution is 0.0682. The van der Waals surface area contributed by atoms with Crippen molar-refractivity contribution in [3.63, 3.8) is 0 Å². The summed E-state index contributed by atoms with van der Waals surface area (Å²) in [5.74, 6) is -0.349. The standard InChI is InChI=1S/C15H15NO4/c17-14-9-4-8-13(15(18)19)16(14)10-5-11-20-12-6-2-1-3-7-12/h1-4,6-9H,5,10-11H2,(H,18,19). The summed E-state index contributed by atoms with van der Waals surface area (Å²) in [6, 6.07) is 13.6. The van der Waals surface area contributed by atoms with Crippen LogP contribution >= 0.6 is 0 Å². The Balaban J connectivity index is 1.95. The topological polar surface area (TPSA) is 68.5 Å². The van der Waals surface area contributed by atoms with Gasteiger partial charge in [0.25, 0.3) is 5.56 Å². The zero-order valence-corrected chi connectivity index (χ0v) is 10.9. The minimum absolute atomic E-state index is 0.00258. The molecule has 0 unspecified atom stereocenters. The van der Waals surface area contributed by atoms with Crippen LogP contribution in [0, 0.1) is 0 Å². The highest BCUT2D eigenvalue weighted by Crippen LogP contribution is 2.08. The molecule has 0 atom stereocenters. The number of nitrogens with zero attached hydrogens (tertiary/aromatic N) is 1. The lowest BCUT2D eigenvalue weighted by Gasteiger charge is -2.10. The maximum atomic E-state index is 11.7. The van der Waals surface area contributed by atoms with Gasteiger partial charge in [-0.25, -0.2) is 4.79 Å². The molecule has 1 N–H and O–H groups in total. The first-order chi connectivity index (χ1) is 9.68. The third-order valence-corrected chi connectivity index (χ3v) is 2.81. The molecule has 1 aromatic heterocycles. The van der Waals surface area contributed by atoms with Crippen molar-refractivity contribution in [1.82, 2.24) is 4.57 Å². The number of carboxylic acid groups (broad SMARTS) is 1. The van der Waals surface area contributed by atoms with Crippen LogP contribution < -0.4 is 10.3 Å². The predicted octanol–water partition coefficient (Wildman–Crippen LogP) is 2.02. The summed E-state index contributed by atoms with van der Waals surface area (Å²) < 4.78 is 6.75. The molecule has 0 amide bonds. The molecule has 0 radical (unpaired) electrons. The minimum Gasteiger partial charge on any atom is -0.494 e. The number of carboxylic acids is 1. The predicted molar refractivity (Wildman–Crippen MR) is 74.2 cm³/mol. The van der Waals surface area contributed by atoms with Gasteiger partial charge in [-0.05, 0) is 24.6 Å². The summed E-state index contributed by atoms with van der Waals surface area (Å²) in [6.45, 7) is 0.735. The van der Waals surface area contributed by atoms with Crippen LogP contribution in [0.5, 0.6) is 5.75 Å². The Kier molecular flexibility index (Phi) is 4.55. The summed E-state index contributed by atoms with van der Waals surface area (Å²) >= 11 is 0. The van der Waals surface area contributed by atoms with Gasteiger partial charge in [0, 0.05) is 12.6 Å². The molecule has 104 valence electrons. The molecule has 2 aromatic rings. The Morgan fingerprint density at radius 3 is 2.55 bits per heavy atom. The summed E-state index contributed by atoms with van der Waals surface area (Å²) in [6.07, 6.45) is 0.555. The van der Waals surface area contributed by atoms with Crippen molar-refractivity contribution in [2.75, 3.05) is 6.61 Å². The van der Waals surface area contributed by atoms with E-state index in [0.717, 1.165) is 5.75 Å². The van der Waals surface area contributed by atoms with Crippen molar-refractivity contribution < 1.29 is 14.6 Å². The van der Waals surface area contributed by atoms with E-state index < -0.39 is 5.97 Å². The van der Waals surface area contributed by atoms with Gasteiger partial charge in [-0.2, -0.15) is 0 Å². The van der Waals surface area contributed by atoms with E-state index in [4.69, 9.17) is 9.84 Å². The highest BCUT2D eigenvalue weighted by Gasteiger charge is 2.09. The molecule has 0 aliphatic heterocycles. The van der Waals surface area contributed by atoms with Crippen LogP contribution in [-0.2, 0) is 6.54 Å². The average molecular weight is 273 g/mol. The number of pyridine rings is 1. The number of ether oxygens (including phenoxy) is 1. The third kappa shape index (κ3) is 3.47. The van der Waals surface area contributed by atoms with Gasteiger partial charge >= 0.3 is 5.97 Å². The maximum absolute atomic E-state index is 11.7. The van der Waals surface area contributed by atoms with E-state index in [2.05, 4.69) is 0 Å². The molecular formula is C15H15NO4. The fraction of sp³-hybridized carbons (Fsp3) is 0.200. The average Bonchev–Trinajstić information content (AvgIpc) is 2.45. The molecule has 2 rings (SSSR count). The van der Waals surface area contributed by atoms with Crippen molar-refractivity contribution in [2.24, 2.45) is 0 Å². The molecule has 0 saturated heterocycles. The smallest absolute Gasteiger partial charge is 0.352 e. The van der Waals surface area contributed by atoms with Gasteiger partial charge in [0.1, 0.15) is 11.4 Å². The monoisotopic (exact) mass is 273 g/mol. The summed E-state index contributed by atoms with van der Waals surface area (Å²) in [4.78, 5) is 22.7. The van der Waals surface area contributed by atoms with Gasteiger partial charge in [-0.1, -0.05) is 24.3 Å². The number of aromatic nitrogens is 1. The Morgan fingerprint density at radius 1 is 1.10 bits per heavy atom. The second-order valence-corrected chi connectivity index (χ2v) is 4.22. The third-order valence-electron chi connectivity index (χ3n) is 2.81. The van der Waals surface area contributed by atoms with Gasteiger partial charge in [0.15, 0.2) is 0 Å². The second-order valence-electron chi connectivity index (χ2n) is 4.22. The molecule has 5 nitrogen and oxygen atoms in total. The molecule has 0 saturated carbocycles. The van der Waals surface area contributed by atoms with E-state index in [1.165, 1.54) is 22.8 Å². The highest BCUT2D eigenvalue weighted by atomic mass is 16.5. The van der Waals surface area contributed by atoms with Gasteiger partial charge < -0.3 is 14.4 Å². The summed E-state index contributed by atoms with van der Waals surface area (Å²) in [5, 5.41) is 9.03. The van der Waals surface area contributed by atoms with Crippen LogP contribution in [0.2, 0.25) is 0 Å². The summed E-state index contributed by atoms with van der Waals surface area (Å²) in [5.41, 5.74) is -0.318. The van der Waals surface area contributed by atoms with Crippen molar-refractivity contribution in [2.45, 2.75) is 13.0 Å². The summed E-state index contributed by atoms with van der Waals surface area (Å²) in [7, 11) is 0.